The van der Waals surface area contributed by atoms with Crippen molar-refractivity contribution < 1.29 is 4.79 Å². The summed E-state index contributed by atoms with van der Waals surface area (Å²) >= 11 is 0. The zero-order chi connectivity index (χ0) is 17.6. The van der Waals surface area contributed by atoms with Gasteiger partial charge in [0.25, 0.3) is 0 Å². The second kappa shape index (κ2) is 8.17. The fraction of sp³-hybridized carbons (Fsp3) is 0.381. The summed E-state index contributed by atoms with van der Waals surface area (Å²) in [6.07, 6.45) is 0. The van der Waals surface area contributed by atoms with Gasteiger partial charge >= 0.3 is 0 Å². The van der Waals surface area contributed by atoms with Crippen LogP contribution in [0.25, 0.3) is 0 Å². The normalized spacial score (nSPS) is 16.5. The molecular weight excluding hydrogens is 310 g/mol. The van der Waals surface area contributed by atoms with E-state index in [4.69, 9.17) is 0 Å². The van der Waals surface area contributed by atoms with Crippen molar-refractivity contribution in [1.82, 2.24) is 10.2 Å². The minimum Gasteiger partial charge on any atom is -0.369 e. The molecule has 1 aliphatic heterocycles. The van der Waals surface area contributed by atoms with Gasteiger partial charge in [-0.05, 0) is 37.1 Å². The molecule has 0 bridgehead atoms. The Morgan fingerprint density at radius 2 is 1.76 bits per heavy atom. The highest BCUT2D eigenvalue weighted by Gasteiger charge is 2.20. The molecule has 0 aromatic heterocycles. The van der Waals surface area contributed by atoms with Crippen molar-refractivity contribution in [2.24, 2.45) is 0 Å². The molecule has 132 valence electrons. The molecule has 4 heteroatoms. The SMILES string of the molecule is Cc1cccc(N2CCN(CC(=O)N[C@@H](C)c3ccccc3)CC2)c1. The molecule has 2 aromatic carbocycles. The van der Waals surface area contributed by atoms with E-state index in [0.717, 1.165) is 31.7 Å². The molecule has 1 amide bonds. The number of carbonyl (C=O) groups is 1. The first-order valence-corrected chi connectivity index (χ1v) is 9.00. The fourth-order valence-electron chi connectivity index (χ4n) is 3.30. The van der Waals surface area contributed by atoms with E-state index in [-0.39, 0.29) is 11.9 Å². The second-order valence-electron chi connectivity index (χ2n) is 6.80. The summed E-state index contributed by atoms with van der Waals surface area (Å²) in [6, 6.07) is 18.8. The summed E-state index contributed by atoms with van der Waals surface area (Å²) in [4.78, 5) is 17.0. The summed E-state index contributed by atoms with van der Waals surface area (Å²) in [6.45, 7) is 8.39. The van der Waals surface area contributed by atoms with Crippen LogP contribution < -0.4 is 10.2 Å². The first-order chi connectivity index (χ1) is 12.1. The monoisotopic (exact) mass is 337 g/mol. The lowest BCUT2D eigenvalue weighted by Gasteiger charge is -2.36. The first-order valence-electron chi connectivity index (χ1n) is 9.00. The number of hydrogen-bond donors (Lipinski definition) is 1. The Morgan fingerprint density at radius 3 is 2.44 bits per heavy atom. The van der Waals surface area contributed by atoms with Gasteiger partial charge in [-0.25, -0.2) is 0 Å². The lowest BCUT2D eigenvalue weighted by atomic mass is 10.1. The number of anilines is 1. The zero-order valence-electron chi connectivity index (χ0n) is 15.1. The summed E-state index contributed by atoms with van der Waals surface area (Å²) < 4.78 is 0. The molecule has 0 aliphatic carbocycles. The topological polar surface area (TPSA) is 35.6 Å². The summed E-state index contributed by atoms with van der Waals surface area (Å²) in [7, 11) is 0. The molecule has 0 radical (unpaired) electrons. The third-order valence-electron chi connectivity index (χ3n) is 4.78. The molecule has 1 heterocycles. The maximum absolute atomic E-state index is 12.3. The van der Waals surface area contributed by atoms with E-state index in [1.54, 1.807) is 0 Å². The highest BCUT2D eigenvalue weighted by atomic mass is 16.2. The fourth-order valence-corrected chi connectivity index (χ4v) is 3.30. The van der Waals surface area contributed by atoms with Crippen molar-refractivity contribution in [3.05, 3.63) is 65.7 Å². The number of aryl methyl sites for hydroxylation is 1. The Labute approximate surface area is 150 Å². The number of nitrogens with one attached hydrogen (secondary N) is 1. The van der Waals surface area contributed by atoms with Crippen LogP contribution in [0, 0.1) is 6.92 Å². The number of hydrogen-bond acceptors (Lipinski definition) is 3. The maximum Gasteiger partial charge on any atom is 0.234 e. The zero-order valence-corrected chi connectivity index (χ0v) is 15.1. The Morgan fingerprint density at radius 1 is 1.04 bits per heavy atom. The quantitative estimate of drug-likeness (QED) is 0.911. The van der Waals surface area contributed by atoms with E-state index < -0.39 is 0 Å². The Hall–Kier alpha value is -2.33. The lowest BCUT2D eigenvalue weighted by molar-refractivity contribution is -0.123. The van der Waals surface area contributed by atoms with Crippen LogP contribution >= 0.6 is 0 Å². The van der Waals surface area contributed by atoms with Crippen LogP contribution in [-0.2, 0) is 4.79 Å². The van der Waals surface area contributed by atoms with E-state index in [1.165, 1.54) is 11.3 Å². The molecule has 25 heavy (non-hydrogen) atoms. The molecule has 4 nitrogen and oxygen atoms in total. The highest BCUT2D eigenvalue weighted by Crippen LogP contribution is 2.18. The van der Waals surface area contributed by atoms with Gasteiger partial charge in [0, 0.05) is 31.9 Å². The van der Waals surface area contributed by atoms with Crippen LogP contribution in [0.1, 0.15) is 24.1 Å². The molecule has 1 saturated heterocycles. The van der Waals surface area contributed by atoms with Gasteiger partial charge in [-0.1, -0.05) is 42.5 Å². The van der Waals surface area contributed by atoms with Crippen LogP contribution in [0.3, 0.4) is 0 Å². The van der Waals surface area contributed by atoms with Crippen molar-refractivity contribution in [2.45, 2.75) is 19.9 Å². The molecule has 0 unspecified atom stereocenters. The average molecular weight is 337 g/mol. The number of amides is 1. The number of benzene rings is 2. The first kappa shape index (κ1) is 17.5. The largest absolute Gasteiger partial charge is 0.369 e. The molecule has 3 rings (SSSR count). The van der Waals surface area contributed by atoms with Crippen molar-refractivity contribution in [2.75, 3.05) is 37.6 Å². The van der Waals surface area contributed by atoms with Crippen LogP contribution in [0.15, 0.2) is 54.6 Å². The highest BCUT2D eigenvalue weighted by molar-refractivity contribution is 5.78. The predicted octanol–water partition coefficient (Wildman–Crippen LogP) is 2.99. The van der Waals surface area contributed by atoms with E-state index in [1.807, 2.05) is 37.3 Å². The van der Waals surface area contributed by atoms with E-state index in [2.05, 4.69) is 46.3 Å². The van der Waals surface area contributed by atoms with Gasteiger partial charge in [0.05, 0.1) is 12.6 Å². The van der Waals surface area contributed by atoms with Gasteiger partial charge in [-0.3, -0.25) is 9.69 Å². The number of piperazine rings is 1. The van der Waals surface area contributed by atoms with Crippen molar-refractivity contribution in [3.8, 4) is 0 Å². The van der Waals surface area contributed by atoms with Gasteiger partial charge in [0.15, 0.2) is 0 Å². The van der Waals surface area contributed by atoms with Crippen molar-refractivity contribution in [3.63, 3.8) is 0 Å². The minimum atomic E-state index is 0.0438. The Kier molecular flexibility index (Phi) is 5.71. The van der Waals surface area contributed by atoms with Gasteiger partial charge in [-0.2, -0.15) is 0 Å². The third-order valence-corrected chi connectivity index (χ3v) is 4.78. The molecule has 1 atom stereocenters. The van der Waals surface area contributed by atoms with Gasteiger partial charge < -0.3 is 10.2 Å². The summed E-state index contributed by atoms with van der Waals surface area (Å²) in [5, 5.41) is 3.10. The van der Waals surface area contributed by atoms with Crippen molar-refractivity contribution in [1.29, 1.82) is 0 Å². The number of nitrogens with zero attached hydrogens (tertiary/aromatic N) is 2. The molecule has 1 fully saturated rings. The standard InChI is InChI=1S/C21H27N3O/c1-17-7-6-10-20(15-17)24-13-11-23(12-14-24)16-21(25)22-18(2)19-8-4-3-5-9-19/h3-10,15,18H,11-14,16H2,1-2H3,(H,22,25)/t18-/m0/s1. The molecule has 0 saturated carbocycles. The van der Waals surface area contributed by atoms with E-state index in [9.17, 15) is 4.79 Å². The maximum atomic E-state index is 12.3. The summed E-state index contributed by atoms with van der Waals surface area (Å²) in [5.74, 6) is 0.0976. The number of carbonyl (C=O) groups excluding carboxylic acids is 1. The van der Waals surface area contributed by atoms with Gasteiger partial charge in [-0.15, -0.1) is 0 Å². The molecule has 2 aromatic rings. The Balaban J connectivity index is 1.46. The average Bonchev–Trinajstić information content (AvgIpc) is 2.63. The second-order valence-corrected chi connectivity index (χ2v) is 6.80. The Bertz CT molecular complexity index is 693. The van der Waals surface area contributed by atoms with Crippen LogP contribution in [-0.4, -0.2) is 43.5 Å². The smallest absolute Gasteiger partial charge is 0.234 e. The molecular formula is C21H27N3O. The number of rotatable bonds is 5. The lowest BCUT2D eigenvalue weighted by Crippen LogP contribution is -2.49. The minimum absolute atomic E-state index is 0.0438. The molecule has 1 N–H and O–H groups in total. The van der Waals surface area contributed by atoms with Crippen molar-refractivity contribution >= 4 is 11.6 Å². The van der Waals surface area contributed by atoms with Crippen LogP contribution in [0.5, 0.6) is 0 Å². The van der Waals surface area contributed by atoms with Gasteiger partial charge in [0.2, 0.25) is 5.91 Å². The summed E-state index contributed by atoms with van der Waals surface area (Å²) in [5.41, 5.74) is 3.70. The predicted molar refractivity (Wildman–Crippen MR) is 103 cm³/mol. The molecule has 1 aliphatic rings. The van der Waals surface area contributed by atoms with Gasteiger partial charge in [0.1, 0.15) is 0 Å². The molecule has 0 spiro atoms. The van der Waals surface area contributed by atoms with Crippen LogP contribution in [0.4, 0.5) is 5.69 Å². The van der Waals surface area contributed by atoms with E-state index in [0.29, 0.717) is 6.54 Å². The van der Waals surface area contributed by atoms with E-state index >= 15 is 0 Å². The third kappa shape index (κ3) is 4.83. The van der Waals surface area contributed by atoms with Crippen LogP contribution in [0.2, 0.25) is 0 Å².